The lowest BCUT2D eigenvalue weighted by molar-refractivity contribution is -0.126. The second-order valence-corrected chi connectivity index (χ2v) is 13.6. The number of carbonyl (C=O) groups is 3. The van der Waals surface area contributed by atoms with Crippen molar-refractivity contribution < 1.29 is 24.2 Å². The van der Waals surface area contributed by atoms with Gasteiger partial charge in [-0.3, -0.25) is 14.4 Å². The van der Waals surface area contributed by atoms with Gasteiger partial charge in [-0.1, -0.05) is 110 Å². The van der Waals surface area contributed by atoms with Crippen LogP contribution < -0.4 is 20.7 Å². The molecule has 0 aliphatic heterocycles. The van der Waals surface area contributed by atoms with Gasteiger partial charge in [-0.25, -0.2) is 0 Å². The van der Waals surface area contributed by atoms with E-state index >= 15 is 0 Å². The van der Waals surface area contributed by atoms with Gasteiger partial charge in [-0.2, -0.15) is 0 Å². The average Bonchev–Trinajstić information content (AvgIpc) is 3.06. The molecule has 0 bridgehead atoms. The normalized spacial score (nSPS) is 13.5. The molecule has 4 N–H and O–H groups in total. The number of carbonyl (C=O) groups excluding carboxylic acids is 3. The molecule has 0 spiro atoms. The van der Waals surface area contributed by atoms with Crippen LogP contribution >= 0.6 is 0 Å². The van der Waals surface area contributed by atoms with Crippen LogP contribution in [0.1, 0.15) is 64.0 Å². The maximum atomic E-state index is 13.9. The summed E-state index contributed by atoms with van der Waals surface area (Å²) in [6, 6.07) is 28.8. The summed E-state index contributed by atoms with van der Waals surface area (Å²) < 4.78 is 5.91. The first-order valence-electron chi connectivity index (χ1n) is 17.3. The third kappa shape index (κ3) is 11.3. The zero-order chi connectivity index (χ0) is 36.2. The highest BCUT2D eigenvalue weighted by Gasteiger charge is 2.30. The summed E-state index contributed by atoms with van der Waals surface area (Å²) in [5.41, 5.74) is 6.23. The fourth-order valence-corrected chi connectivity index (χ4v) is 6.27. The zero-order valence-electron chi connectivity index (χ0n) is 30.0. The van der Waals surface area contributed by atoms with E-state index in [0.29, 0.717) is 24.2 Å². The standard InChI is InChI=1S/C42H51N3O5/c1-27(2)39(45-41(48)34-21-28(3)20-29(4)22-34)42(49)43-35(23-32-16-9-7-10-17-32)25-37(46)36(24-33-18-11-8-12-19-33)44-38(47)26-50-40-30(5)14-13-15-31(40)6/h7-22,27,35-37,39,46H,23-26H2,1-6H3,(H,43,49)(H,44,47)(H,45,48)/t35-,36-,37-,39-/m0/s1. The monoisotopic (exact) mass is 677 g/mol. The van der Waals surface area contributed by atoms with Crippen LogP contribution in [-0.4, -0.2) is 53.7 Å². The molecule has 0 saturated heterocycles. The predicted molar refractivity (Wildman–Crippen MR) is 198 cm³/mol. The summed E-state index contributed by atoms with van der Waals surface area (Å²) in [6.45, 7) is 11.3. The van der Waals surface area contributed by atoms with Crippen molar-refractivity contribution >= 4 is 17.7 Å². The molecule has 0 aliphatic carbocycles. The van der Waals surface area contributed by atoms with Crippen molar-refractivity contribution in [1.82, 2.24) is 16.0 Å². The van der Waals surface area contributed by atoms with Crippen molar-refractivity contribution in [3.63, 3.8) is 0 Å². The molecule has 0 aliphatic rings. The minimum atomic E-state index is -1.02. The molecule has 4 aromatic carbocycles. The van der Waals surface area contributed by atoms with E-state index in [0.717, 1.165) is 33.4 Å². The SMILES string of the molecule is Cc1cc(C)cc(C(=O)N[C@H](C(=O)N[C@@H](Cc2ccccc2)C[C@H](O)[C@H](Cc2ccccc2)NC(=O)COc2c(C)cccc2C)C(C)C)c1. The van der Waals surface area contributed by atoms with Crippen molar-refractivity contribution in [3.8, 4) is 5.75 Å². The van der Waals surface area contributed by atoms with Gasteiger partial charge in [0.15, 0.2) is 6.61 Å². The molecule has 0 heterocycles. The van der Waals surface area contributed by atoms with Crippen molar-refractivity contribution in [2.24, 2.45) is 5.92 Å². The Bertz CT molecular complexity index is 1680. The van der Waals surface area contributed by atoms with Gasteiger partial charge < -0.3 is 25.8 Å². The maximum Gasteiger partial charge on any atom is 0.258 e. The van der Waals surface area contributed by atoms with Gasteiger partial charge in [0.05, 0.1) is 12.1 Å². The number of benzene rings is 4. The van der Waals surface area contributed by atoms with Crippen LogP contribution in [0.2, 0.25) is 0 Å². The fraction of sp³-hybridized carbons (Fsp3) is 0.357. The number of aliphatic hydroxyl groups is 1. The lowest BCUT2D eigenvalue weighted by Gasteiger charge is -2.30. The summed E-state index contributed by atoms with van der Waals surface area (Å²) in [5.74, 6) is -0.548. The Labute approximate surface area is 296 Å². The first kappa shape index (κ1) is 37.9. The van der Waals surface area contributed by atoms with E-state index in [1.54, 1.807) is 12.1 Å². The highest BCUT2D eigenvalue weighted by atomic mass is 16.5. The molecule has 50 heavy (non-hydrogen) atoms. The number of hydrogen-bond acceptors (Lipinski definition) is 5. The third-order valence-electron chi connectivity index (χ3n) is 8.78. The molecule has 4 aromatic rings. The second kappa shape index (κ2) is 18.2. The van der Waals surface area contributed by atoms with E-state index in [1.807, 2.05) is 126 Å². The number of amides is 3. The number of hydrogen-bond donors (Lipinski definition) is 4. The molecule has 0 aromatic heterocycles. The Morgan fingerprint density at radius 2 is 1.26 bits per heavy atom. The Hall–Kier alpha value is -4.95. The predicted octanol–water partition coefficient (Wildman–Crippen LogP) is 5.96. The third-order valence-corrected chi connectivity index (χ3v) is 8.78. The molecular formula is C42H51N3O5. The highest BCUT2D eigenvalue weighted by Crippen LogP contribution is 2.22. The summed E-state index contributed by atoms with van der Waals surface area (Å²) >= 11 is 0. The van der Waals surface area contributed by atoms with Crippen molar-refractivity contribution in [2.45, 2.75) is 85.0 Å². The highest BCUT2D eigenvalue weighted by molar-refractivity contribution is 5.98. The maximum absolute atomic E-state index is 13.9. The second-order valence-electron chi connectivity index (χ2n) is 13.6. The van der Waals surface area contributed by atoms with E-state index in [4.69, 9.17) is 4.74 Å². The van der Waals surface area contributed by atoms with Gasteiger partial charge in [-0.05, 0) is 87.3 Å². The Kier molecular flexibility index (Phi) is 13.8. The molecule has 3 amide bonds. The van der Waals surface area contributed by atoms with E-state index < -0.39 is 24.2 Å². The van der Waals surface area contributed by atoms with Crippen LogP contribution in [0.3, 0.4) is 0 Å². The van der Waals surface area contributed by atoms with Gasteiger partial charge in [-0.15, -0.1) is 0 Å². The molecule has 0 saturated carbocycles. The van der Waals surface area contributed by atoms with E-state index in [9.17, 15) is 19.5 Å². The molecular weight excluding hydrogens is 626 g/mol. The van der Waals surface area contributed by atoms with Crippen LogP contribution in [0.4, 0.5) is 0 Å². The number of aliphatic hydroxyl groups excluding tert-OH is 1. The summed E-state index contributed by atoms with van der Waals surface area (Å²) in [6.07, 6.45) is -0.0348. The summed E-state index contributed by atoms with van der Waals surface area (Å²) in [4.78, 5) is 40.4. The van der Waals surface area contributed by atoms with Gasteiger partial charge in [0, 0.05) is 11.6 Å². The largest absolute Gasteiger partial charge is 0.483 e. The first-order chi connectivity index (χ1) is 23.9. The smallest absolute Gasteiger partial charge is 0.258 e. The number of nitrogens with one attached hydrogen (secondary N) is 3. The Morgan fingerprint density at radius 3 is 1.82 bits per heavy atom. The molecule has 0 fully saturated rings. The summed E-state index contributed by atoms with van der Waals surface area (Å²) in [5, 5.41) is 20.9. The number of ether oxygens (including phenoxy) is 1. The van der Waals surface area contributed by atoms with E-state index in [1.165, 1.54) is 0 Å². The van der Waals surface area contributed by atoms with E-state index in [-0.39, 0.29) is 36.7 Å². The molecule has 8 nitrogen and oxygen atoms in total. The fourth-order valence-electron chi connectivity index (χ4n) is 6.27. The zero-order valence-corrected chi connectivity index (χ0v) is 30.0. The average molecular weight is 678 g/mol. The Balaban J connectivity index is 1.52. The number of para-hydroxylation sites is 1. The van der Waals surface area contributed by atoms with Crippen molar-refractivity contribution in [1.29, 1.82) is 0 Å². The van der Waals surface area contributed by atoms with Crippen LogP contribution in [0.5, 0.6) is 5.75 Å². The lowest BCUT2D eigenvalue weighted by atomic mass is 9.93. The van der Waals surface area contributed by atoms with Crippen LogP contribution in [0.15, 0.2) is 97.1 Å². The van der Waals surface area contributed by atoms with E-state index in [2.05, 4.69) is 16.0 Å². The molecule has 8 heteroatoms. The van der Waals surface area contributed by atoms with Gasteiger partial charge in [0.1, 0.15) is 11.8 Å². The minimum Gasteiger partial charge on any atom is -0.483 e. The Morgan fingerprint density at radius 1 is 0.700 bits per heavy atom. The molecule has 264 valence electrons. The number of rotatable bonds is 16. The first-order valence-corrected chi connectivity index (χ1v) is 17.3. The van der Waals surface area contributed by atoms with Crippen LogP contribution in [0.25, 0.3) is 0 Å². The van der Waals surface area contributed by atoms with Gasteiger partial charge in [0.25, 0.3) is 11.8 Å². The lowest BCUT2D eigenvalue weighted by Crippen LogP contribution is -2.54. The van der Waals surface area contributed by atoms with Crippen molar-refractivity contribution in [2.75, 3.05) is 6.61 Å². The molecule has 4 rings (SSSR count). The topological polar surface area (TPSA) is 117 Å². The van der Waals surface area contributed by atoms with Crippen LogP contribution in [-0.2, 0) is 22.4 Å². The molecule has 0 radical (unpaired) electrons. The van der Waals surface area contributed by atoms with Crippen molar-refractivity contribution in [3.05, 3.63) is 136 Å². The summed E-state index contributed by atoms with van der Waals surface area (Å²) in [7, 11) is 0. The number of aryl methyl sites for hydroxylation is 4. The quantitative estimate of drug-likeness (QED) is 0.117. The van der Waals surface area contributed by atoms with Gasteiger partial charge in [0.2, 0.25) is 5.91 Å². The minimum absolute atomic E-state index is 0.159. The van der Waals surface area contributed by atoms with Gasteiger partial charge >= 0.3 is 0 Å². The van der Waals surface area contributed by atoms with Crippen LogP contribution in [0, 0.1) is 33.6 Å². The molecule has 0 unspecified atom stereocenters. The molecule has 4 atom stereocenters.